The van der Waals surface area contributed by atoms with Gasteiger partial charge in [-0.25, -0.2) is 0 Å². The van der Waals surface area contributed by atoms with E-state index in [4.69, 9.17) is 5.11 Å². The Morgan fingerprint density at radius 2 is 2.08 bits per heavy atom. The van der Waals surface area contributed by atoms with Crippen molar-refractivity contribution in [1.29, 1.82) is 0 Å². The Morgan fingerprint density at radius 1 is 1.54 bits per heavy atom. The normalized spacial score (nSPS) is 14.8. The van der Waals surface area contributed by atoms with Crippen LogP contribution in [-0.4, -0.2) is 11.1 Å². The van der Waals surface area contributed by atoms with Crippen LogP contribution >= 0.6 is 0 Å². The van der Waals surface area contributed by atoms with E-state index in [1.807, 2.05) is 26.8 Å². The summed E-state index contributed by atoms with van der Waals surface area (Å²) in [4.78, 5) is 10.8. The smallest absolute Gasteiger partial charge is 0.306 e. The van der Waals surface area contributed by atoms with Gasteiger partial charge in [-0.1, -0.05) is 27.4 Å². The molecule has 0 aliphatic carbocycles. The van der Waals surface area contributed by atoms with Crippen LogP contribution in [-0.2, 0) is 4.79 Å². The lowest BCUT2D eigenvalue weighted by Crippen LogP contribution is -2.21. The van der Waals surface area contributed by atoms with Crippen LogP contribution in [0.25, 0.3) is 0 Å². The lowest BCUT2D eigenvalue weighted by Gasteiger charge is -2.17. The van der Waals surface area contributed by atoms with Crippen molar-refractivity contribution in [1.82, 2.24) is 0 Å². The molecular weight excluding hydrogens is 164 g/mol. The first-order valence-corrected chi connectivity index (χ1v) is 4.57. The van der Waals surface area contributed by atoms with Crippen LogP contribution in [0.3, 0.4) is 0 Å². The summed E-state index contributed by atoms with van der Waals surface area (Å²) in [5.74, 6) is -0.557. The second-order valence-corrected chi connectivity index (χ2v) is 3.77. The van der Waals surface area contributed by atoms with E-state index < -0.39 is 5.97 Å². The zero-order chi connectivity index (χ0) is 10.4. The molecule has 0 aromatic heterocycles. The molecule has 13 heavy (non-hydrogen) atoms. The minimum absolute atomic E-state index is 0.179. The minimum atomic E-state index is -0.709. The highest BCUT2D eigenvalue weighted by Gasteiger charge is 2.22. The number of hydrogen-bond donors (Lipinski definition) is 1. The Kier molecular flexibility index (Phi) is 5.17. The fraction of sp³-hybridized carbons (Fsp3) is 0.636. The molecule has 0 saturated carbocycles. The van der Waals surface area contributed by atoms with Gasteiger partial charge in [0, 0.05) is 0 Å². The lowest BCUT2D eigenvalue weighted by atomic mass is 9.87. The number of hydrogen-bond acceptors (Lipinski definition) is 1. The fourth-order valence-electron chi connectivity index (χ4n) is 1.33. The molecule has 1 N–H and O–H groups in total. The predicted molar refractivity (Wildman–Crippen MR) is 53.5 cm³/mol. The molecule has 74 valence electrons. The van der Waals surface area contributed by atoms with E-state index in [1.54, 1.807) is 0 Å². The van der Waals surface area contributed by atoms with Crippen molar-refractivity contribution in [2.45, 2.75) is 27.2 Å². The second-order valence-electron chi connectivity index (χ2n) is 3.77. The molecule has 0 fully saturated rings. The Balaban J connectivity index is 4.26. The molecule has 0 spiro atoms. The lowest BCUT2D eigenvalue weighted by molar-refractivity contribution is -0.143. The van der Waals surface area contributed by atoms with Crippen LogP contribution in [0.2, 0.25) is 0 Å². The predicted octanol–water partition coefficient (Wildman–Crippen LogP) is 2.71. The van der Waals surface area contributed by atoms with Gasteiger partial charge < -0.3 is 5.11 Å². The first-order valence-electron chi connectivity index (χ1n) is 4.57. The number of allylic oxidation sites excluding steroid dienone is 1. The van der Waals surface area contributed by atoms with E-state index in [0.717, 1.165) is 0 Å². The van der Waals surface area contributed by atoms with Crippen molar-refractivity contribution in [3.63, 3.8) is 0 Å². The maximum atomic E-state index is 10.8. The molecule has 0 aliphatic rings. The first kappa shape index (κ1) is 12.0. The third kappa shape index (κ3) is 4.54. The van der Waals surface area contributed by atoms with E-state index >= 15 is 0 Å². The zero-order valence-electron chi connectivity index (χ0n) is 8.58. The van der Waals surface area contributed by atoms with E-state index in [2.05, 4.69) is 12.3 Å². The quantitative estimate of drug-likeness (QED) is 0.664. The standard InChI is InChI=1S/C11H18O2/c1-5-6-9(4)7-10(8(2)3)11(12)13/h6,8-10H,1,7H2,2-4H3,(H,12,13). The summed E-state index contributed by atoms with van der Waals surface area (Å²) in [6.07, 6.45) is 2.48. The molecule has 0 heterocycles. The van der Waals surface area contributed by atoms with Crippen molar-refractivity contribution in [3.8, 4) is 0 Å². The monoisotopic (exact) mass is 182 g/mol. The molecule has 0 aromatic carbocycles. The van der Waals surface area contributed by atoms with Gasteiger partial charge in [-0.3, -0.25) is 4.79 Å². The molecule has 2 nitrogen and oxygen atoms in total. The van der Waals surface area contributed by atoms with Gasteiger partial charge in [-0.05, 0) is 24.3 Å². The molecule has 0 rings (SSSR count). The van der Waals surface area contributed by atoms with Crippen molar-refractivity contribution < 1.29 is 9.90 Å². The number of rotatable bonds is 5. The molecular formula is C11H18O2. The molecule has 0 amide bonds. The molecule has 2 heteroatoms. The third-order valence-corrected chi connectivity index (χ3v) is 2.15. The maximum Gasteiger partial charge on any atom is 0.306 e. The van der Waals surface area contributed by atoms with Crippen LogP contribution in [0.5, 0.6) is 0 Å². The van der Waals surface area contributed by atoms with E-state index in [0.29, 0.717) is 6.42 Å². The second kappa shape index (κ2) is 5.60. The SMILES string of the molecule is C=C=CC(C)CC(C(=O)O)C(C)C. The van der Waals surface area contributed by atoms with Crippen molar-refractivity contribution in [3.05, 3.63) is 18.4 Å². The summed E-state index contributed by atoms with van der Waals surface area (Å²) in [6.45, 7) is 9.32. The Bertz CT molecular complexity index is 212. The zero-order valence-corrected chi connectivity index (χ0v) is 8.58. The molecule has 0 bridgehead atoms. The molecule has 0 radical (unpaired) electrons. The Hall–Kier alpha value is -1.01. The van der Waals surface area contributed by atoms with Gasteiger partial charge in [0.05, 0.1) is 5.92 Å². The molecule has 0 aromatic rings. The van der Waals surface area contributed by atoms with Crippen LogP contribution in [0.15, 0.2) is 18.4 Å². The van der Waals surface area contributed by atoms with E-state index in [1.165, 1.54) is 0 Å². The topological polar surface area (TPSA) is 37.3 Å². The average molecular weight is 182 g/mol. The molecule has 0 aliphatic heterocycles. The van der Waals surface area contributed by atoms with Gasteiger partial charge >= 0.3 is 5.97 Å². The number of carbonyl (C=O) groups is 1. The van der Waals surface area contributed by atoms with Crippen molar-refractivity contribution >= 4 is 5.97 Å². The van der Waals surface area contributed by atoms with Gasteiger partial charge in [-0.2, -0.15) is 0 Å². The first-order chi connectivity index (χ1) is 5.99. The highest BCUT2D eigenvalue weighted by molar-refractivity contribution is 5.70. The summed E-state index contributed by atoms with van der Waals surface area (Å²) in [7, 11) is 0. The summed E-state index contributed by atoms with van der Waals surface area (Å²) in [5, 5.41) is 8.91. The summed E-state index contributed by atoms with van der Waals surface area (Å²) in [6, 6.07) is 0. The largest absolute Gasteiger partial charge is 0.481 e. The van der Waals surface area contributed by atoms with Gasteiger partial charge in [-0.15, -0.1) is 5.73 Å². The van der Waals surface area contributed by atoms with Crippen molar-refractivity contribution in [2.75, 3.05) is 0 Å². The highest BCUT2D eigenvalue weighted by atomic mass is 16.4. The summed E-state index contributed by atoms with van der Waals surface area (Å²) >= 11 is 0. The molecule has 0 saturated heterocycles. The summed E-state index contributed by atoms with van der Waals surface area (Å²) < 4.78 is 0. The van der Waals surface area contributed by atoms with Gasteiger partial charge in [0.1, 0.15) is 0 Å². The number of carboxylic acid groups (broad SMARTS) is 1. The van der Waals surface area contributed by atoms with E-state index in [-0.39, 0.29) is 17.8 Å². The Morgan fingerprint density at radius 3 is 2.38 bits per heavy atom. The minimum Gasteiger partial charge on any atom is -0.481 e. The fourth-order valence-corrected chi connectivity index (χ4v) is 1.33. The van der Waals surface area contributed by atoms with Gasteiger partial charge in [0.25, 0.3) is 0 Å². The highest BCUT2D eigenvalue weighted by Crippen LogP contribution is 2.21. The maximum absolute atomic E-state index is 10.8. The number of aliphatic carboxylic acids is 1. The number of carboxylic acids is 1. The van der Waals surface area contributed by atoms with Gasteiger partial charge in [0.2, 0.25) is 0 Å². The summed E-state index contributed by atoms with van der Waals surface area (Å²) in [5.41, 5.74) is 2.68. The van der Waals surface area contributed by atoms with Crippen LogP contribution < -0.4 is 0 Å². The van der Waals surface area contributed by atoms with Crippen LogP contribution in [0, 0.1) is 17.8 Å². The van der Waals surface area contributed by atoms with Crippen LogP contribution in [0.1, 0.15) is 27.2 Å². The van der Waals surface area contributed by atoms with Crippen LogP contribution in [0.4, 0.5) is 0 Å². The van der Waals surface area contributed by atoms with Crippen molar-refractivity contribution in [2.24, 2.45) is 17.8 Å². The van der Waals surface area contributed by atoms with E-state index in [9.17, 15) is 4.79 Å². The third-order valence-electron chi connectivity index (χ3n) is 2.15. The van der Waals surface area contributed by atoms with Gasteiger partial charge in [0.15, 0.2) is 0 Å². The molecule has 2 atom stereocenters. The molecule has 2 unspecified atom stereocenters. The average Bonchev–Trinajstić information content (AvgIpc) is 1.99. The Labute approximate surface area is 80.0 Å².